The van der Waals surface area contributed by atoms with Crippen molar-refractivity contribution in [3.05, 3.63) is 40.3 Å². The Labute approximate surface area is 228 Å². The van der Waals surface area contributed by atoms with Crippen molar-refractivity contribution in [3.8, 4) is 0 Å². The lowest BCUT2D eigenvalue weighted by Crippen LogP contribution is -2.50. The van der Waals surface area contributed by atoms with Gasteiger partial charge in [0.2, 0.25) is 5.71 Å². The number of hydrogen-bond donors (Lipinski definition) is 2. The number of aliphatic carboxylic acids is 1. The fourth-order valence-corrected chi connectivity index (χ4v) is 7.20. The molecule has 1 amide bonds. The number of carboxylic acids is 1. The Morgan fingerprint density at radius 1 is 1.00 bits per heavy atom. The molecule has 3 N–H and O–H groups in total. The normalized spacial score (nSPS) is 28.4. The summed E-state index contributed by atoms with van der Waals surface area (Å²) in [6, 6.07) is 8.62. The number of aromatic nitrogens is 2. The first-order valence-electron chi connectivity index (χ1n) is 14.3. The van der Waals surface area contributed by atoms with Gasteiger partial charge < -0.3 is 20.2 Å². The molecule has 0 spiro atoms. The van der Waals surface area contributed by atoms with Crippen LogP contribution in [0.1, 0.15) is 89.3 Å². The van der Waals surface area contributed by atoms with Crippen molar-refractivity contribution in [1.82, 2.24) is 14.5 Å². The van der Waals surface area contributed by atoms with Crippen molar-refractivity contribution >= 4 is 28.6 Å². The average molecular weight is 538 g/mol. The number of para-hydroxylation sites is 2. The van der Waals surface area contributed by atoms with E-state index in [0.29, 0.717) is 29.2 Å². The van der Waals surface area contributed by atoms with E-state index in [4.69, 9.17) is 10.6 Å². The third-order valence-corrected chi connectivity index (χ3v) is 8.79. The highest BCUT2D eigenvalue weighted by molar-refractivity contribution is 6.41. The Morgan fingerprint density at radius 2 is 1.67 bits per heavy atom. The number of primary amides is 1. The standard InChI is InChI=1S/C29H39N5O5/c1-18-8-4-2-3-5-9-19(14-18)33-20-12-13-21(33)16-22(15-20)34-24-11-7-6-10-23(24)31-26(28(34)36)27(29(37)38)32-39-17-25(30)35/h6-7,10-11,18-22H,2-5,8-9,12-17H2,1H3,(H2,30,35)(H,37,38)/b32-27-/t18-,19-,20-,21+,22?/m1/s1. The smallest absolute Gasteiger partial charge is 0.360 e. The zero-order valence-corrected chi connectivity index (χ0v) is 22.6. The number of piperidine rings is 1. The van der Waals surface area contributed by atoms with E-state index in [9.17, 15) is 19.5 Å². The van der Waals surface area contributed by atoms with Gasteiger partial charge in [-0.15, -0.1) is 0 Å². The van der Waals surface area contributed by atoms with Gasteiger partial charge in [0, 0.05) is 24.2 Å². The molecule has 2 bridgehead atoms. The average Bonchev–Trinajstić information content (AvgIpc) is 3.21. The third kappa shape index (κ3) is 5.85. The Kier molecular flexibility index (Phi) is 8.30. The minimum Gasteiger partial charge on any atom is -0.476 e. The molecule has 3 heterocycles. The number of amides is 1. The van der Waals surface area contributed by atoms with Crippen LogP contribution in [-0.2, 0) is 14.4 Å². The quantitative estimate of drug-likeness (QED) is 0.406. The van der Waals surface area contributed by atoms with Crippen LogP contribution in [0.25, 0.3) is 11.0 Å². The number of oxime groups is 1. The first-order chi connectivity index (χ1) is 18.8. The van der Waals surface area contributed by atoms with Gasteiger partial charge in [-0.3, -0.25) is 14.5 Å². The number of benzene rings is 1. The van der Waals surface area contributed by atoms with Gasteiger partial charge in [-0.2, -0.15) is 0 Å². The number of rotatable bonds is 7. The molecular weight excluding hydrogens is 498 g/mol. The Hall–Kier alpha value is -3.27. The van der Waals surface area contributed by atoms with Crippen LogP contribution in [0, 0.1) is 5.92 Å². The Morgan fingerprint density at radius 3 is 2.36 bits per heavy atom. The van der Waals surface area contributed by atoms with Crippen LogP contribution >= 0.6 is 0 Å². The van der Waals surface area contributed by atoms with E-state index in [1.807, 2.05) is 12.1 Å². The highest BCUT2D eigenvalue weighted by Crippen LogP contribution is 2.44. The highest BCUT2D eigenvalue weighted by atomic mass is 16.6. The topological polar surface area (TPSA) is 140 Å². The van der Waals surface area contributed by atoms with Crippen molar-refractivity contribution < 1.29 is 19.5 Å². The lowest BCUT2D eigenvalue weighted by molar-refractivity contribution is -0.130. The van der Waals surface area contributed by atoms with Crippen molar-refractivity contribution in [2.24, 2.45) is 16.8 Å². The number of carbonyl (C=O) groups excluding carboxylic acids is 1. The molecule has 210 valence electrons. The van der Waals surface area contributed by atoms with Crippen molar-refractivity contribution in [2.75, 3.05) is 6.61 Å². The Bertz CT molecular complexity index is 1290. The fourth-order valence-electron chi connectivity index (χ4n) is 7.20. The second-order valence-electron chi connectivity index (χ2n) is 11.6. The summed E-state index contributed by atoms with van der Waals surface area (Å²) >= 11 is 0. The number of hydrogen-bond acceptors (Lipinski definition) is 7. The van der Waals surface area contributed by atoms with Crippen molar-refractivity contribution in [2.45, 2.75) is 102 Å². The zero-order chi connectivity index (χ0) is 27.5. The van der Waals surface area contributed by atoms with E-state index in [2.05, 4.69) is 22.0 Å². The van der Waals surface area contributed by atoms with Gasteiger partial charge in [0.25, 0.3) is 11.5 Å². The Balaban J connectivity index is 1.49. The summed E-state index contributed by atoms with van der Waals surface area (Å²) in [6.07, 6.45) is 13.0. The summed E-state index contributed by atoms with van der Waals surface area (Å²) in [4.78, 5) is 49.0. The maximum absolute atomic E-state index is 13.9. The van der Waals surface area contributed by atoms with Gasteiger partial charge in [-0.25, -0.2) is 9.78 Å². The lowest BCUT2D eigenvalue weighted by atomic mass is 9.89. The van der Waals surface area contributed by atoms with Crippen molar-refractivity contribution in [1.29, 1.82) is 0 Å². The van der Waals surface area contributed by atoms with Gasteiger partial charge in [0.05, 0.1) is 11.0 Å². The summed E-state index contributed by atoms with van der Waals surface area (Å²) in [5.41, 5.74) is 4.83. The molecule has 2 saturated heterocycles. The maximum atomic E-state index is 13.9. The van der Waals surface area contributed by atoms with Crippen molar-refractivity contribution in [3.63, 3.8) is 0 Å². The van der Waals surface area contributed by atoms with Crippen LogP contribution in [0.5, 0.6) is 0 Å². The summed E-state index contributed by atoms with van der Waals surface area (Å²) < 4.78 is 1.73. The molecule has 5 atom stereocenters. The number of nitrogens with zero attached hydrogens (tertiary/aromatic N) is 4. The molecule has 10 heteroatoms. The zero-order valence-electron chi connectivity index (χ0n) is 22.6. The van der Waals surface area contributed by atoms with Gasteiger partial charge in [0.1, 0.15) is 0 Å². The second kappa shape index (κ2) is 11.9. The summed E-state index contributed by atoms with van der Waals surface area (Å²) in [5.74, 6) is -1.54. The molecule has 3 fully saturated rings. The van der Waals surface area contributed by atoms with Crippen LogP contribution in [0.15, 0.2) is 34.2 Å². The predicted octanol–water partition coefficient (Wildman–Crippen LogP) is 3.60. The molecule has 39 heavy (non-hydrogen) atoms. The van der Waals surface area contributed by atoms with E-state index in [1.54, 1.807) is 16.7 Å². The lowest BCUT2D eigenvalue weighted by Gasteiger charge is -2.45. The largest absolute Gasteiger partial charge is 0.476 e. The molecule has 3 aliphatic rings. The SMILES string of the molecule is C[C@@H]1CCCCCC[C@@H](N2[C@@H]3CC[C@H]2CC(n2c(=O)c(/C(=N/OCC(N)=O)C(=O)O)nc4ccccc42)C3)C1. The van der Waals surface area contributed by atoms with Gasteiger partial charge in [-0.1, -0.05) is 56.3 Å². The molecule has 1 aliphatic carbocycles. The van der Waals surface area contributed by atoms with Crippen LogP contribution in [0.4, 0.5) is 0 Å². The van der Waals surface area contributed by atoms with E-state index in [0.717, 1.165) is 31.6 Å². The van der Waals surface area contributed by atoms with Crippen LogP contribution in [0.3, 0.4) is 0 Å². The number of fused-ring (bicyclic) bond motifs is 3. The highest BCUT2D eigenvalue weighted by Gasteiger charge is 2.45. The van der Waals surface area contributed by atoms with E-state index < -0.39 is 29.8 Å². The monoisotopic (exact) mass is 537 g/mol. The molecule has 10 nitrogen and oxygen atoms in total. The molecular formula is C29H39N5O5. The van der Waals surface area contributed by atoms with Crippen LogP contribution in [0.2, 0.25) is 0 Å². The summed E-state index contributed by atoms with van der Waals surface area (Å²) in [7, 11) is 0. The molecule has 5 rings (SSSR count). The van der Waals surface area contributed by atoms with Gasteiger partial charge >= 0.3 is 5.97 Å². The first kappa shape index (κ1) is 27.3. The summed E-state index contributed by atoms with van der Waals surface area (Å²) in [6.45, 7) is 1.80. The van der Waals surface area contributed by atoms with Crippen LogP contribution in [-0.4, -0.2) is 61.9 Å². The summed E-state index contributed by atoms with van der Waals surface area (Å²) in [5, 5.41) is 13.4. The molecule has 2 aromatic rings. The minimum atomic E-state index is -1.46. The number of carbonyl (C=O) groups is 2. The second-order valence-corrected chi connectivity index (χ2v) is 11.6. The fraction of sp³-hybridized carbons (Fsp3) is 0.621. The minimum absolute atomic E-state index is 0.0757. The first-order valence-corrected chi connectivity index (χ1v) is 14.3. The molecule has 2 aliphatic heterocycles. The van der Waals surface area contributed by atoms with E-state index in [-0.39, 0.29) is 11.7 Å². The molecule has 1 aromatic heterocycles. The van der Waals surface area contributed by atoms with E-state index >= 15 is 0 Å². The third-order valence-electron chi connectivity index (χ3n) is 8.79. The molecule has 1 unspecified atom stereocenters. The number of carboxylic acid groups (broad SMARTS) is 1. The van der Waals surface area contributed by atoms with Crippen LogP contribution < -0.4 is 11.3 Å². The predicted molar refractivity (Wildman–Crippen MR) is 148 cm³/mol. The molecule has 1 aromatic carbocycles. The van der Waals surface area contributed by atoms with E-state index in [1.165, 1.54) is 44.9 Å². The van der Waals surface area contributed by atoms with Gasteiger partial charge in [0.15, 0.2) is 12.3 Å². The maximum Gasteiger partial charge on any atom is 0.360 e. The molecule has 0 radical (unpaired) electrons. The number of nitrogens with two attached hydrogens (primary N) is 1. The van der Waals surface area contributed by atoms with Gasteiger partial charge in [-0.05, 0) is 56.6 Å². The molecule has 1 saturated carbocycles.